The second-order valence-corrected chi connectivity index (χ2v) is 5.67. The minimum Gasteiger partial charge on any atom is -0.398 e. The van der Waals surface area contributed by atoms with E-state index >= 15 is 0 Å². The molecule has 1 heterocycles. The Morgan fingerprint density at radius 3 is 2.60 bits per heavy atom. The van der Waals surface area contributed by atoms with Gasteiger partial charge in [0.1, 0.15) is 0 Å². The van der Waals surface area contributed by atoms with Crippen LogP contribution in [0, 0.1) is 6.92 Å². The predicted molar refractivity (Wildman–Crippen MR) is 82.8 cm³/mol. The number of likely N-dealkylation sites (tertiary alicyclic amines) is 1. The Morgan fingerprint density at radius 2 is 2.05 bits per heavy atom. The summed E-state index contributed by atoms with van der Waals surface area (Å²) in [6.07, 6.45) is 2.09. The van der Waals surface area contributed by atoms with Gasteiger partial charge in [-0.05, 0) is 44.0 Å². The number of nitrogen functional groups attached to an aromatic ring is 1. The van der Waals surface area contributed by atoms with Crippen molar-refractivity contribution in [1.82, 2.24) is 9.80 Å². The van der Waals surface area contributed by atoms with Gasteiger partial charge in [-0.2, -0.15) is 0 Å². The second kappa shape index (κ2) is 6.27. The van der Waals surface area contributed by atoms with E-state index in [1.165, 1.54) is 0 Å². The van der Waals surface area contributed by atoms with Crippen molar-refractivity contribution < 1.29 is 4.79 Å². The summed E-state index contributed by atoms with van der Waals surface area (Å²) in [5, 5.41) is 0. The molecule has 1 aromatic carbocycles. The number of aryl methyl sites for hydroxylation is 1. The summed E-state index contributed by atoms with van der Waals surface area (Å²) in [5.74, 6) is 0.0393. The van der Waals surface area contributed by atoms with Gasteiger partial charge in [-0.25, -0.2) is 0 Å². The van der Waals surface area contributed by atoms with Crippen molar-refractivity contribution in [3.63, 3.8) is 0 Å². The van der Waals surface area contributed by atoms with Gasteiger partial charge in [0.05, 0.1) is 5.56 Å². The van der Waals surface area contributed by atoms with E-state index in [2.05, 4.69) is 11.8 Å². The van der Waals surface area contributed by atoms with E-state index in [0.29, 0.717) is 17.3 Å². The van der Waals surface area contributed by atoms with Crippen LogP contribution in [-0.4, -0.2) is 48.4 Å². The van der Waals surface area contributed by atoms with E-state index in [9.17, 15) is 4.79 Å². The van der Waals surface area contributed by atoms with Gasteiger partial charge in [-0.3, -0.25) is 4.79 Å². The Labute approximate surface area is 121 Å². The molecule has 0 atom stereocenters. The first-order valence-corrected chi connectivity index (χ1v) is 7.38. The zero-order valence-corrected chi connectivity index (χ0v) is 12.7. The maximum absolute atomic E-state index is 12.6. The molecule has 0 radical (unpaired) electrons. The van der Waals surface area contributed by atoms with Gasteiger partial charge < -0.3 is 15.5 Å². The summed E-state index contributed by atoms with van der Waals surface area (Å²) in [6.45, 7) is 7.40. The molecule has 0 aromatic heterocycles. The molecule has 1 saturated heterocycles. The van der Waals surface area contributed by atoms with Crippen molar-refractivity contribution in [3.05, 3.63) is 29.3 Å². The number of rotatable bonds is 3. The molecule has 1 aromatic rings. The van der Waals surface area contributed by atoms with Crippen LogP contribution >= 0.6 is 0 Å². The van der Waals surface area contributed by atoms with E-state index < -0.39 is 0 Å². The smallest absolute Gasteiger partial charge is 0.255 e. The lowest BCUT2D eigenvalue weighted by Gasteiger charge is -2.36. The van der Waals surface area contributed by atoms with Crippen LogP contribution in [0.15, 0.2) is 18.2 Å². The molecule has 0 unspecified atom stereocenters. The van der Waals surface area contributed by atoms with E-state index in [1.54, 1.807) is 0 Å². The normalized spacial score (nSPS) is 17.1. The van der Waals surface area contributed by atoms with E-state index in [-0.39, 0.29) is 5.91 Å². The largest absolute Gasteiger partial charge is 0.398 e. The van der Waals surface area contributed by atoms with Crippen LogP contribution in [0.25, 0.3) is 0 Å². The van der Waals surface area contributed by atoms with Gasteiger partial charge >= 0.3 is 0 Å². The summed E-state index contributed by atoms with van der Waals surface area (Å²) >= 11 is 0. The lowest BCUT2D eigenvalue weighted by Crippen LogP contribution is -2.45. The van der Waals surface area contributed by atoms with Gasteiger partial charge in [0, 0.05) is 31.9 Å². The number of nitrogens with zero attached hydrogens (tertiary/aromatic N) is 2. The fourth-order valence-electron chi connectivity index (χ4n) is 2.86. The Hall–Kier alpha value is -1.55. The molecular formula is C16H25N3O. The number of anilines is 1. The quantitative estimate of drug-likeness (QED) is 0.860. The first kappa shape index (κ1) is 14.9. The molecule has 0 spiro atoms. The number of hydrogen-bond acceptors (Lipinski definition) is 3. The van der Waals surface area contributed by atoms with Gasteiger partial charge in [-0.1, -0.05) is 13.0 Å². The van der Waals surface area contributed by atoms with Gasteiger partial charge in [0.15, 0.2) is 0 Å². The highest BCUT2D eigenvalue weighted by Crippen LogP contribution is 2.20. The van der Waals surface area contributed by atoms with Crippen LogP contribution in [0.4, 0.5) is 5.69 Å². The lowest BCUT2D eigenvalue weighted by molar-refractivity contribution is 0.0648. The van der Waals surface area contributed by atoms with Crippen molar-refractivity contribution in [1.29, 1.82) is 0 Å². The molecule has 0 aliphatic carbocycles. The Morgan fingerprint density at radius 1 is 1.40 bits per heavy atom. The molecule has 1 aliphatic heterocycles. The first-order chi connectivity index (χ1) is 9.52. The first-order valence-electron chi connectivity index (χ1n) is 7.38. The van der Waals surface area contributed by atoms with Crippen molar-refractivity contribution in [2.45, 2.75) is 32.7 Å². The van der Waals surface area contributed by atoms with Crippen LogP contribution in [-0.2, 0) is 0 Å². The predicted octanol–water partition coefficient (Wildman–Crippen LogP) is 2.13. The van der Waals surface area contributed by atoms with E-state index in [1.807, 2.05) is 37.1 Å². The monoisotopic (exact) mass is 275 g/mol. The molecule has 0 bridgehead atoms. The highest BCUT2D eigenvalue weighted by atomic mass is 16.2. The molecule has 110 valence electrons. The van der Waals surface area contributed by atoms with Crippen molar-refractivity contribution >= 4 is 11.6 Å². The van der Waals surface area contributed by atoms with Crippen LogP contribution in [0.1, 0.15) is 35.7 Å². The molecule has 20 heavy (non-hydrogen) atoms. The Balaban J connectivity index is 2.05. The molecule has 0 saturated carbocycles. The number of carbonyl (C=O) groups excluding carboxylic acids is 1. The molecule has 1 fully saturated rings. The molecule has 1 aliphatic rings. The van der Waals surface area contributed by atoms with Gasteiger partial charge in [0.2, 0.25) is 0 Å². The molecule has 4 heteroatoms. The topological polar surface area (TPSA) is 49.6 Å². The molecule has 2 rings (SSSR count). The third-order valence-electron chi connectivity index (χ3n) is 4.31. The number of hydrogen-bond donors (Lipinski definition) is 1. The summed E-state index contributed by atoms with van der Waals surface area (Å²) in [7, 11) is 1.90. The molecule has 4 nitrogen and oxygen atoms in total. The second-order valence-electron chi connectivity index (χ2n) is 5.67. The SMILES string of the molecule is CCN1CCC(N(C)C(=O)c2ccc(C)cc2N)CC1. The van der Waals surface area contributed by atoms with Crippen LogP contribution in [0.3, 0.4) is 0 Å². The fraction of sp³-hybridized carbons (Fsp3) is 0.562. The third-order valence-corrected chi connectivity index (χ3v) is 4.31. The summed E-state index contributed by atoms with van der Waals surface area (Å²) < 4.78 is 0. The highest BCUT2D eigenvalue weighted by molar-refractivity contribution is 5.99. The molecule has 2 N–H and O–H groups in total. The number of amides is 1. The number of piperidine rings is 1. The maximum atomic E-state index is 12.6. The Bertz CT molecular complexity index is 479. The van der Waals surface area contributed by atoms with Gasteiger partial charge in [0.25, 0.3) is 5.91 Å². The Kier molecular flexibility index (Phi) is 4.65. The van der Waals surface area contributed by atoms with E-state index in [4.69, 9.17) is 5.73 Å². The maximum Gasteiger partial charge on any atom is 0.255 e. The van der Waals surface area contributed by atoms with Crippen molar-refractivity contribution in [2.75, 3.05) is 32.4 Å². The summed E-state index contributed by atoms with van der Waals surface area (Å²) in [4.78, 5) is 16.9. The number of nitrogens with two attached hydrogens (primary N) is 1. The van der Waals surface area contributed by atoms with Crippen molar-refractivity contribution in [3.8, 4) is 0 Å². The average Bonchev–Trinajstić information content (AvgIpc) is 2.46. The zero-order chi connectivity index (χ0) is 14.7. The summed E-state index contributed by atoms with van der Waals surface area (Å²) in [5.41, 5.74) is 8.26. The standard InChI is InChI=1S/C16H25N3O/c1-4-19-9-7-13(8-10-19)18(3)16(20)14-6-5-12(2)11-15(14)17/h5-6,11,13H,4,7-10,17H2,1-3H3. The minimum atomic E-state index is 0.0393. The molecular weight excluding hydrogens is 250 g/mol. The lowest BCUT2D eigenvalue weighted by atomic mass is 10.0. The highest BCUT2D eigenvalue weighted by Gasteiger charge is 2.26. The van der Waals surface area contributed by atoms with Crippen LogP contribution in [0.5, 0.6) is 0 Å². The van der Waals surface area contributed by atoms with Crippen LogP contribution in [0.2, 0.25) is 0 Å². The fourth-order valence-corrected chi connectivity index (χ4v) is 2.86. The summed E-state index contributed by atoms with van der Waals surface area (Å²) in [6, 6.07) is 5.97. The number of carbonyl (C=O) groups is 1. The van der Waals surface area contributed by atoms with Gasteiger partial charge in [-0.15, -0.1) is 0 Å². The zero-order valence-electron chi connectivity index (χ0n) is 12.7. The van der Waals surface area contributed by atoms with Crippen molar-refractivity contribution in [2.24, 2.45) is 0 Å². The molecule has 1 amide bonds. The average molecular weight is 275 g/mol. The minimum absolute atomic E-state index is 0.0393. The van der Waals surface area contributed by atoms with Crippen LogP contribution < -0.4 is 5.73 Å². The van der Waals surface area contributed by atoms with E-state index in [0.717, 1.165) is 38.0 Å². The third kappa shape index (κ3) is 3.12. The number of benzene rings is 1.